The Morgan fingerprint density at radius 1 is 1.13 bits per heavy atom. The molecular weight excluding hydrogens is 321 g/mol. The summed E-state index contributed by atoms with van der Waals surface area (Å²) in [5.41, 5.74) is -0.194. The first-order chi connectivity index (χ1) is 10.9. The van der Waals surface area contributed by atoms with Crippen LogP contribution in [0.5, 0.6) is 0 Å². The second-order valence-corrected chi connectivity index (χ2v) is 6.40. The molecule has 1 atom stereocenters. The normalized spacial score (nSPS) is 13.3. The van der Waals surface area contributed by atoms with Crippen LogP contribution in [0.15, 0.2) is 54.6 Å². The van der Waals surface area contributed by atoms with Gasteiger partial charge in [0.2, 0.25) is 0 Å². The third-order valence-corrected chi connectivity index (χ3v) is 4.39. The Kier molecular flexibility index (Phi) is 5.39. The van der Waals surface area contributed by atoms with Gasteiger partial charge in [0.15, 0.2) is 0 Å². The number of nitro groups is 1. The zero-order valence-electron chi connectivity index (χ0n) is 12.0. The quantitative estimate of drug-likeness (QED) is 0.473. The van der Waals surface area contributed by atoms with Gasteiger partial charge >= 0.3 is 7.60 Å². The van der Waals surface area contributed by atoms with E-state index in [1.807, 2.05) is 0 Å². The summed E-state index contributed by atoms with van der Waals surface area (Å²) in [6.07, 6.45) is 0.255. The minimum atomic E-state index is -4.41. The molecule has 0 amide bonds. The van der Waals surface area contributed by atoms with Gasteiger partial charge in [-0.2, -0.15) is 0 Å². The van der Waals surface area contributed by atoms with Gasteiger partial charge in [-0.25, -0.2) is 0 Å². The molecular formula is C15H14NO6P. The molecule has 0 aromatic heterocycles. The Morgan fingerprint density at radius 2 is 1.74 bits per heavy atom. The zero-order chi connectivity index (χ0) is 16.9. The lowest BCUT2D eigenvalue weighted by Gasteiger charge is -2.11. The summed E-state index contributed by atoms with van der Waals surface area (Å²) in [6.45, 7) is -0.149. The maximum absolute atomic E-state index is 11.9. The second kappa shape index (κ2) is 7.28. The molecule has 7 nitrogen and oxygen atoms in total. The number of nitrogens with zero attached hydrogens (tertiary/aromatic N) is 1. The van der Waals surface area contributed by atoms with Crippen molar-refractivity contribution in [2.24, 2.45) is 0 Å². The molecule has 0 fully saturated rings. The molecule has 120 valence electrons. The summed E-state index contributed by atoms with van der Waals surface area (Å²) in [5.74, 6) is 0. The van der Waals surface area contributed by atoms with Crippen molar-refractivity contribution in [2.45, 2.75) is 6.42 Å². The number of rotatable bonds is 7. The Labute approximate surface area is 132 Å². The molecule has 2 aromatic carbocycles. The van der Waals surface area contributed by atoms with Crippen LogP contribution in [0.4, 0.5) is 5.69 Å². The fourth-order valence-electron chi connectivity index (χ4n) is 1.87. The standard InChI is InChI=1S/C15H14NO6P/c17-15(13-4-2-1-3-5-13)23(20,21)22-11-10-12-6-8-14(9-7-12)16(18)19/h1-9H,10-11H2,(H,20,21). The molecule has 2 rings (SSSR count). The van der Waals surface area contributed by atoms with Gasteiger partial charge in [0.1, 0.15) is 0 Å². The number of non-ortho nitro benzene ring substituents is 1. The van der Waals surface area contributed by atoms with Crippen LogP contribution in [0, 0.1) is 10.1 Å². The van der Waals surface area contributed by atoms with Gasteiger partial charge in [-0.15, -0.1) is 0 Å². The topological polar surface area (TPSA) is 107 Å². The van der Waals surface area contributed by atoms with Crippen molar-refractivity contribution in [3.63, 3.8) is 0 Å². The lowest BCUT2D eigenvalue weighted by atomic mass is 10.1. The maximum atomic E-state index is 11.9. The molecule has 0 aliphatic heterocycles. The number of hydrogen-bond donors (Lipinski definition) is 1. The van der Waals surface area contributed by atoms with Gasteiger partial charge in [0, 0.05) is 17.7 Å². The monoisotopic (exact) mass is 335 g/mol. The summed E-state index contributed by atoms with van der Waals surface area (Å²) in [7, 11) is -4.41. The van der Waals surface area contributed by atoms with E-state index in [4.69, 9.17) is 4.52 Å². The highest BCUT2D eigenvalue weighted by molar-refractivity contribution is 7.71. The molecule has 0 heterocycles. The molecule has 1 unspecified atom stereocenters. The van der Waals surface area contributed by atoms with E-state index in [2.05, 4.69) is 0 Å². The van der Waals surface area contributed by atoms with Crippen LogP contribution in [0.3, 0.4) is 0 Å². The van der Waals surface area contributed by atoms with Crippen LogP contribution in [0.1, 0.15) is 15.9 Å². The van der Waals surface area contributed by atoms with E-state index in [0.717, 1.165) is 0 Å². The molecule has 0 spiro atoms. The van der Waals surface area contributed by atoms with Gasteiger partial charge in [0.05, 0.1) is 11.5 Å². The number of carbonyl (C=O) groups is 1. The van der Waals surface area contributed by atoms with Crippen molar-refractivity contribution < 1.29 is 23.7 Å². The smallest absolute Gasteiger partial charge is 0.319 e. The average molecular weight is 335 g/mol. The SMILES string of the molecule is O=C(c1ccccc1)P(=O)(O)OCCc1ccc([N+](=O)[O-])cc1. The number of benzene rings is 2. The van der Waals surface area contributed by atoms with E-state index in [1.165, 1.54) is 36.4 Å². The summed E-state index contributed by atoms with van der Waals surface area (Å²) in [6, 6.07) is 13.5. The van der Waals surface area contributed by atoms with E-state index in [0.29, 0.717) is 5.56 Å². The van der Waals surface area contributed by atoms with Crippen molar-refractivity contribution in [3.8, 4) is 0 Å². The molecule has 0 saturated carbocycles. The van der Waals surface area contributed by atoms with E-state index in [9.17, 15) is 24.4 Å². The van der Waals surface area contributed by atoms with Crippen LogP contribution < -0.4 is 0 Å². The molecule has 1 N–H and O–H groups in total. The predicted molar refractivity (Wildman–Crippen MR) is 83.4 cm³/mol. The van der Waals surface area contributed by atoms with Gasteiger partial charge < -0.3 is 9.42 Å². The first kappa shape index (κ1) is 17.0. The molecule has 0 saturated heterocycles. The van der Waals surface area contributed by atoms with E-state index < -0.39 is 18.0 Å². The fourth-order valence-corrected chi connectivity index (χ4v) is 2.81. The van der Waals surface area contributed by atoms with Gasteiger partial charge in [-0.1, -0.05) is 42.5 Å². The van der Waals surface area contributed by atoms with Crippen LogP contribution in [-0.4, -0.2) is 21.9 Å². The lowest BCUT2D eigenvalue weighted by molar-refractivity contribution is -0.384. The third-order valence-electron chi connectivity index (χ3n) is 3.08. The van der Waals surface area contributed by atoms with Gasteiger partial charge in [-0.3, -0.25) is 19.5 Å². The minimum Gasteiger partial charge on any atom is -0.319 e. The first-order valence-corrected chi connectivity index (χ1v) is 8.28. The Morgan fingerprint density at radius 3 is 2.30 bits per heavy atom. The zero-order valence-corrected chi connectivity index (χ0v) is 12.9. The van der Waals surface area contributed by atoms with Crippen molar-refractivity contribution in [1.82, 2.24) is 0 Å². The van der Waals surface area contributed by atoms with Crippen molar-refractivity contribution >= 4 is 18.8 Å². The highest BCUT2D eigenvalue weighted by atomic mass is 31.2. The molecule has 0 radical (unpaired) electrons. The minimum absolute atomic E-state index is 0.0400. The largest absolute Gasteiger partial charge is 0.399 e. The summed E-state index contributed by atoms with van der Waals surface area (Å²) in [4.78, 5) is 31.7. The van der Waals surface area contributed by atoms with Gasteiger partial charge in [-0.05, 0) is 12.0 Å². The Bertz CT molecular complexity index is 744. The van der Waals surface area contributed by atoms with Crippen LogP contribution in [-0.2, 0) is 15.5 Å². The number of hydrogen-bond acceptors (Lipinski definition) is 5. The predicted octanol–water partition coefficient (Wildman–Crippen LogP) is 3.18. The summed E-state index contributed by atoms with van der Waals surface area (Å²) < 4.78 is 16.8. The Balaban J connectivity index is 1.93. The van der Waals surface area contributed by atoms with Crippen molar-refractivity contribution in [1.29, 1.82) is 0 Å². The Hall–Kier alpha value is -2.34. The van der Waals surface area contributed by atoms with Crippen molar-refractivity contribution in [3.05, 3.63) is 75.8 Å². The van der Waals surface area contributed by atoms with E-state index in [-0.39, 0.29) is 24.3 Å². The third kappa shape index (κ3) is 4.56. The fraction of sp³-hybridized carbons (Fsp3) is 0.133. The average Bonchev–Trinajstić information content (AvgIpc) is 2.55. The molecule has 23 heavy (non-hydrogen) atoms. The molecule has 0 aliphatic rings. The van der Waals surface area contributed by atoms with Crippen molar-refractivity contribution in [2.75, 3.05) is 6.61 Å². The van der Waals surface area contributed by atoms with E-state index >= 15 is 0 Å². The summed E-state index contributed by atoms with van der Waals surface area (Å²) in [5, 5.41) is 10.5. The van der Waals surface area contributed by atoms with Crippen LogP contribution in [0.2, 0.25) is 0 Å². The molecule has 0 bridgehead atoms. The first-order valence-electron chi connectivity index (χ1n) is 6.71. The molecule has 2 aromatic rings. The van der Waals surface area contributed by atoms with Crippen LogP contribution in [0.25, 0.3) is 0 Å². The molecule has 8 heteroatoms. The van der Waals surface area contributed by atoms with E-state index in [1.54, 1.807) is 18.2 Å². The van der Waals surface area contributed by atoms with Gasteiger partial charge in [0.25, 0.3) is 11.2 Å². The number of carbonyl (C=O) groups excluding carboxylic acids is 1. The summed E-state index contributed by atoms with van der Waals surface area (Å²) >= 11 is 0. The highest BCUT2D eigenvalue weighted by Crippen LogP contribution is 2.45. The highest BCUT2D eigenvalue weighted by Gasteiger charge is 2.31. The molecule has 0 aliphatic carbocycles. The second-order valence-electron chi connectivity index (χ2n) is 4.70. The number of nitro benzene ring substituents is 1. The van der Waals surface area contributed by atoms with Crippen LogP contribution >= 0.6 is 7.60 Å². The maximum Gasteiger partial charge on any atom is 0.399 e. The lowest BCUT2D eigenvalue weighted by Crippen LogP contribution is -2.06.